The third-order valence-electron chi connectivity index (χ3n) is 3.98. The van der Waals surface area contributed by atoms with Gasteiger partial charge in [-0.3, -0.25) is 24.6 Å². The molecule has 1 aromatic heterocycles. The number of hydrogen-bond donors (Lipinski definition) is 1. The average Bonchev–Trinajstić information content (AvgIpc) is 2.97. The summed E-state index contributed by atoms with van der Waals surface area (Å²) in [4.78, 5) is 40.6. The zero-order valence-electron chi connectivity index (χ0n) is 15.4. The molecule has 1 fully saturated rings. The minimum absolute atomic E-state index is 0.0578. The Hall–Kier alpha value is -2.76. The first-order valence-corrected chi connectivity index (χ1v) is 10.7. The Morgan fingerprint density at radius 3 is 2.83 bits per heavy atom. The van der Waals surface area contributed by atoms with Gasteiger partial charge >= 0.3 is 5.97 Å². The van der Waals surface area contributed by atoms with Crippen molar-refractivity contribution in [1.82, 2.24) is 9.88 Å². The van der Waals surface area contributed by atoms with Crippen molar-refractivity contribution in [3.63, 3.8) is 0 Å². The van der Waals surface area contributed by atoms with E-state index in [4.69, 9.17) is 17.3 Å². The second kappa shape index (κ2) is 9.83. The van der Waals surface area contributed by atoms with Crippen LogP contribution in [-0.4, -0.2) is 42.7 Å². The van der Waals surface area contributed by atoms with Gasteiger partial charge in [0.05, 0.1) is 14.7 Å². The lowest BCUT2D eigenvalue weighted by atomic mass is 10.2. The standard InChI is InChI=1S/C19H15N3O5S3/c23-17(24)5-3-9-21-18(25)15(30-19(21)28)11-12-6-7-14(13(10-12)22(26)27)29-16-4-1-2-8-20-16/h1-2,4,6-8,10-11H,3,5,9H2,(H,23,24). The van der Waals surface area contributed by atoms with E-state index in [-0.39, 0.29) is 24.6 Å². The van der Waals surface area contributed by atoms with E-state index < -0.39 is 10.9 Å². The molecule has 0 radical (unpaired) electrons. The summed E-state index contributed by atoms with van der Waals surface area (Å²) < 4.78 is 0.341. The molecule has 1 aromatic carbocycles. The number of carbonyl (C=O) groups is 2. The Balaban J connectivity index is 1.80. The lowest BCUT2D eigenvalue weighted by molar-refractivity contribution is -0.387. The second-order valence-electron chi connectivity index (χ2n) is 6.08. The normalized spacial score (nSPS) is 15.1. The summed E-state index contributed by atoms with van der Waals surface area (Å²) >= 11 is 7.49. The number of pyridine rings is 1. The average molecular weight is 462 g/mol. The summed E-state index contributed by atoms with van der Waals surface area (Å²) in [6.07, 6.45) is 3.40. The van der Waals surface area contributed by atoms with Crippen molar-refractivity contribution in [3.8, 4) is 0 Å². The molecule has 1 aliphatic rings. The summed E-state index contributed by atoms with van der Waals surface area (Å²) in [5, 5.41) is 20.9. The monoisotopic (exact) mass is 461 g/mol. The topological polar surface area (TPSA) is 114 Å². The largest absolute Gasteiger partial charge is 0.481 e. The van der Waals surface area contributed by atoms with Gasteiger partial charge in [0.15, 0.2) is 0 Å². The highest BCUT2D eigenvalue weighted by atomic mass is 32.2. The number of nitro groups is 1. The first-order chi connectivity index (χ1) is 14.3. The molecule has 0 unspecified atom stereocenters. The molecule has 1 N–H and O–H groups in total. The molecule has 1 saturated heterocycles. The Morgan fingerprint density at radius 1 is 1.37 bits per heavy atom. The van der Waals surface area contributed by atoms with Crippen molar-refractivity contribution in [2.45, 2.75) is 22.8 Å². The van der Waals surface area contributed by atoms with E-state index in [0.717, 1.165) is 11.8 Å². The van der Waals surface area contributed by atoms with Gasteiger partial charge in [-0.05, 0) is 36.3 Å². The molecule has 0 saturated carbocycles. The minimum atomic E-state index is -0.938. The predicted octanol–water partition coefficient (Wildman–Crippen LogP) is 4.21. The highest BCUT2D eigenvalue weighted by Crippen LogP contribution is 2.37. The van der Waals surface area contributed by atoms with Crippen molar-refractivity contribution < 1.29 is 19.6 Å². The van der Waals surface area contributed by atoms with Crippen LogP contribution in [0.25, 0.3) is 6.08 Å². The van der Waals surface area contributed by atoms with Gasteiger partial charge in [-0.15, -0.1) is 0 Å². The second-order valence-corrected chi connectivity index (χ2v) is 8.82. The molecule has 0 atom stereocenters. The maximum absolute atomic E-state index is 12.6. The minimum Gasteiger partial charge on any atom is -0.481 e. The number of thioether (sulfide) groups is 1. The Labute approximate surface area is 185 Å². The van der Waals surface area contributed by atoms with E-state index in [1.807, 2.05) is 0 Å². The first-order valence-electron chi connectivity index (χ1n) is 8.69. The third kappa shape index (κ3) is 5.43. The SMILES string of the molecule is O=C(O)CCCN1C(=O)C(=Cc2ccc(Sc3ccccn3)c([N+](=O)[O-])c2)SC1=S. The van der Waals surface area contributed by atoms with Gasteiger partial charge in [0.1, 0.15) is 9.35 Å². The number of nitro benzene ring substituents is 1. The highest BCUT2D eigenvalue weighted by Gasteiger charge is 2.31. The molecular formula is C19H15N3O5S3. The van der Waals surface area contributed by atoms with Gasteiger partial charge in [0, 0.05) is 25.2 Å². The molecule has 30 heavy (non-hydrogen) atoms. The van der Waals surface area contributed by atoms with E-state index in [1.54, 1.807) is 42.6 Å². The fourth-order valence-corrected chi connectivity index (χ4v) is 4.77. The summed E-state index contributed by atoms with van der Waals surface area (Å²) in [7, 11) is 0. The Kier molecular flexibility index (Phi) is 7.19. The van der Waals surface area contributed by atoms with E-state index in [2.05, 4.69) is 4.98 Å². The molecule has 154 valence electrons. The third-order valence-corrected chi connectivity index (χ3v) is 6.37. The lowest BCUT2D eigenvalue weighted by Crippen LogP contribution is -2.29. The zero-order valence-corrected chi connectivity index (χ0v) is 17.8. The number of aliphatic carboxylic acids is 1. The first kappa shape index (κ1) is 21.9. The number of benzene rings is 1. The smallest absolute Gasteiger partial charge is 0.303 e. The van der Waals surface area contributed by atoms with Crippen molar-refractivity contribution in [2.75, 3.05) is 6.54 Å². The van der Waals surface area contributed by atoms with E-state index in [0.29, 0.717) is 31.1 Å². The van der Waals surface area contributed by atoms with Crippen LogP contribution < -0.4 is 0 Å². The quantitative estimate of drug-likeness (QED) is 0.267. The van der Waals surface area contributed by atoms with Crippen molar-refractivity contribution in [3.05, 3.63) is 63.2 Å². The summed E-state index contributed by atoms with van der Waals surface area (Å²) in [6, 6.07) is 10.0. The number of amides is 1. The van der Waals surface area contributed by atoms with Crippen LogP contribution >= 0.6 is 35.7 Å². The number of rotatable bonds is 8. The molecule has 2 aromatic rings. The number of nitrogens with zero attached hydrogens (tertiary/aromatic N) is 3. The van der Waals surface area contributed by atoms with E-state index >= 15 is 0 Å². The van der Waals surface area contributed by atoms with E-state index in [9.17, 15) is 19.7 Å². The van der Waals surface area contributed by atoms with Crippen LogP contribution in [0.5, 0.6) is 0 Å². The maximum Gasteiger partial charge on any atom is 0.303 e. The molecule has 1 amide bonds. The van der Waals surface area contributed by atoms with Crippen LogP contribution in [0.1, 0.15) is 18.4 Å². The molecule has 0 bridgehead atoms. The van der Waals surface area contributed by atoms with E-state index in [1.165, 1.54) is 22.7 Å². The van der Waals surface area contributed by atoms with Crippen LogP contribution in [0.3, 0.4) is 0 Å². The van der Waals surface area contributed by atoms with Gasteiger partial charge in [-0.1, -0.05) is 47.9 Å². The number of aromatic nitrogens is 1. The zero-order chi connectivity index (χ0) is 21.7. The molecule has 2 heterocycles. The summed E-state index contributed by atoms with van der Waals surface area (Å²) in [6.45, 7) is 0.216. The molecule has 0 spiro atoms. The summed E-state index contributed by atoms with van der Waals surface area (Å²) in [5.41, 5.74) is 0.412. The molecular weight excluding hydrogens is 446 g/mol. The van der Waals surface area contributed by atoms with Crippen LogP contribution in [0.4, 0.5) is 5.69 Å². The number of carboxylic acid groups (broad SMARTS) is 1. The van der Waals surface area contributed by atoms with Gasteiger partial charge in [0.25, 0.3) is 11.6 Å². The molecule has 8 nitrogen and oxygen atoms in total. The van der Waals surface area contributed by atoms with Gasteiger partial charge in [0.2, 0.25) is 0 Å². The molecule has 1 aliphatic heterocycles. The van der Waals surface area contributed by atoms with Crippen LogP contribution in [0.2, 0.25) is 0 Å². The molecule has 11 heteroatoms. The van der Waals surface area contributed by atoms with Crippen molar-refractivity contribution in [2.24, 2.45) is 0 Å². The van der Waals surface area contributed by atoms with Gasteiger partial charge in [-0.25, -0.2) is 4.98 Å². The number of carboxylic acids is 1. The van der Waals surface area contributed by atoms with Crippen LogP contribution in [0.15, 0.2) is 57.4 Å². The fraction of sp³-hybridized carbons (Fsp3) is 0.158. The number of carbonyl (C=O) groups excluding carboxylic acids is 1. The Bertz CT molecular complexity index is 1040. The highest BCUT2D eigenvalue weighted by molar-refractivity contribution is 8.26. The van der Waals surface area contributed by atoms with Crippen LogP contribution in [0, 0.1) is 10.1 Å². The van der Waals surface area contributed by atoms with Crippen LogP contribution in [-0.2, 0) is 9.59 Å². The Morgan fingerprint density at radius 2 is 2.17 bits per heavy atom. The van der Waals surface area contributed by atoms with Gasteiger partial charge < -0.3 is 5.11 Å². The summed E-state index contributed by atoms with van der Waals surface area (Å²) in [5.74, 6) is -1.27. The van der Waals surface area contributed by atoms with Crippen molar-refractivity contribution in [1.29, 1.82) is 0 Å². The molecule has 0 aliphatic carbocycles. The van der Waals surface area contributed by atoms with Gasteiger partial charge in [-0.2, -0.15) is 0 Å². The lowest BCUT2D eigenvalue weighted by Gasteiger charge is -2.13. The maximum atomic E-state index is 12.6. The van der Waals surface area contributed by atoms with Crippen molar-refractivity contribution >= 4 is 63.7 Å². The predicted molar refractivity (Wildman–Crippen MR) is 118 cm³/mol. The number of hydrogen-bond acceptors (Lipinski definition) is 8. The fourth-order valence-electron chi connectivity index (χ4n) is 2.61. The molecule has 3 rings (SSSR count). The number of thiocarbonyl (C=S) groups is 1.